The number of carbonyl (C=O) groups excluding carboxylic acids is 4. The number of nitrogens with one attached hydrogen (secondary N) is 6. The standard InChI is InChI=1S/C30H42N6O4/c1-19(2)23-27(37)31-17-11-12-18-32-28(38)24(20(3)4)34-30(40)36-26(22-15-9-6-10-16-22)25(35-29(39)33-23)21-13-7-5-8-14-21/h5-10,13-16,19-20,23-26H,11-12,17-18H2,1-4H3,(H,31,37)(H,32,38)(H2,33,35,39)(H2,34,36,40)/t23?,24?,25-,26?/m0/s1. The number of carbonyl (C=O) groups is 4. The van der Waals surface area contributed by atoms with Crippen molar-refractivity contribution in [3.63, 3.8) is 0 Å². The van der Waals surface area contributed by atoms with E-state index in [-0.39, 0.29) is 23.7 Å². The summed E-state index contributed by atoms with van der Waals surface area (Å²) in [5.41, 5.74) is 1.51. The van der Waals surface area contributed by atoms with Gasteiger partial charge in [-0.2, -0.15) is 0 Å². The summed E-state index contributed by atoms with van der Waals surface area (Å²) in [7, 11) is 0. The van der Waals surface area contributed by atoms with Gasteiger partial charge in [0.05, 0.1) is 12.1 Å². The van der Waals surface area contributed by atoms with Gasteiger partial charge in [0.1, 0.15) is 12.1 Å². The lowest BCUT2D eigenvalue weighted by Crippen LogP contribution is -2.56. The van der Waals surface area contributed by atoms with Crippen LogP contribution in [0.4, 0.5) is 9.59 Å². The van der Waals surface area contributed by atoms with Gasteiger partial charge in [-0.3, -0.25) is 9.59 Å². The molecule has 4 atom stereocenters. The highest BCUT2D eigenvalue weighted by Gasteiger charge is 2.32. The van der Waals surface area contributed by atoms with E-state index < -0.39 is 36.2 Å². The van der Waals surface area contributed by atoms with Crippen molar-refractivity contribution >= 4 is 23.9 Å². The number of urea groups is 2. The molecule has 0 bridgehead atoms. The van der Waals surface area contributed by atoms with Crippen LogP contribution in [0.5, 0.6) is 0 Å². The van der Waals surface area contributed by atoms with Crippen LogP contribution in [0.2, 0.25) is 0 Å². The smallest absolute Gasteiger partial charge is 0.316 e. The third-order valence-corrected chi connectivity index (χ3v) is 6.90. The minimum Gasteiger partial charge on any atom is -0.354 e. The molecule has 2 aromatic rings. The Morgan fingerprint density at radius 3 is 1.23 bits per heavy atom. The van der Waals surface area contributed by atoms with Gasteiger partial charge in [-0.1, -0.05) is 88.4 Å². The molecule has 2 aromatic carbocycles. The second kappa shape index (κ2) is 14.9. The highest BCUT2D eigenvalue weighted by molar-refractivity contribution is 5.88. The van der Waals surface area contributed by atoms with Gasteiger partial charge in [0.2, 0.25) is 11.8 Å². The third kappa shape index (κ3) is 8.72. The van der Waals surface area contributed by atoms with Crippen molar-refractivity contribution < 1.29 is 19.2 Å². The SMILES string of the molecule is CC(C)C1NC(=O)NC(c2ccccc2)[C@H](c2ccccc2)NC(=O)NC(C(C)C)C(=O)NCCCCNC1=O. The second-order valence-corrected chi connectivity index (χ2v) is 10.7. The highest BCUT2D eigenvalue weighted by Crippen LogP contribution is 2.29. The molecule has 0 radical (unpaired) electrons. The zero-order valence-electron chi connectivity index (χ0n) is 23.7. The van der Waals surface area contributed by atoms with Crippen molar-refractivity contribution in [3.8, 4) is 0 Å². The number of rotatable bonds is 4. The van der Waals surface area contributed by atoms with E-state index >= 15 is 0 Å². The molecule has 1 saturated heterocycles. The van der Waals surface area contributed by atoms with E-state index in [4.69, 9.17) is 0 Å². The molecule has 3 unspecified atom stereocenters. The lowest BCUT2D eigenvalue weighted by molar-refractivity contribution is -0.124. The summed E-state index contributed by atoms with van der Waals surface area (Å²) < 4.78 is 0. The van der Waals surface area contributed by atoms with Crippen LogP contribution in [-0.2, 0) is 9.59 Å². The summed E-state index contributed by atoms with van der Waals surface area (Å²) in [5.74, 6) is -0.868. The van der Waals surface area contributed by atoms with Crippen LogP contribution >= 0.6 is 0 Å². The number of benzene rings is 2. The van der Waals surface area contributed by atoms with Gasteiger partial charge in [0.15, 0.2) is 0 Å². The van der Waals surface area contributed by atoms with Crippen LogP contribution in [0, 0.1) is 11.8 Å². The molecule has 1 fully saturated rings. The first-order chi connectivity index (χ1) is 19.2. The molecule has 6 amide bonds. The second-order valence-electron chi connectivity index (χ2n) is 10.7. The minimum absolute atomic E-state index is 0.160. The maximum absolute atomic E-state index is 13.4. The molecular formula is C30H42N6O4. The van der Waals surface area contributed by atoms with E-state index in [9.17, 15) is 19.2 Å². The number of hydrogen-bond acceptors (Lipinski definition) is 4. The Kier molecular flexibility index (Phi) is 11.4. The summed E-state index contributed by atoms with van der Waals surface area (Å²) >= 11 is 0. The topological polar surface area (TPSA) is 140 Å². The van der Waals surface area contributed by atoms with Gasteiger partial charge >= 0.3 is 12.1 Å². The van der Waals surface area contributed by atoms with Crippen LogP contribution in [0.25, 0.3) is 0 Å². The summed E-state index contributed by atoms with van der Waals surface area (Å²) in [4.78, 5) is 52.7. The average molecular weight is 551 g/mol. The highest BCUT2D eigenvalue weighted by atomic mass is 16.2. The molecule has 6 N–H and O–H groups in total. The van der Waals surface area contributed by atoms with Crippen molar-refractivity contribution in [1.29, 1.82) is 0 Å². The molecule has 0 aliphatic carbocycles. The molecule has 10 heteroatoms. The van der Waals surface area contributed by atoms with E-state index in [1.165, 1.54) is 0 Å². The van der Waals surface area contributed by atoms with Crippen molar-refractivity contribution in [2.75, 3.05) is 13.1 Å². The van der Waals surface area contributed by atoms with E-state index in [0.29, 0.717) is 25.9 Å². The number of hydrogen-bond donors (Lipinski definition) is 6. The maximum atomic E-state index is 13.4. The molecule has 40 heavy (non-hydrogen) atoms. The van der Waals surface area contributed by atoms with Gasteiger partial charge in [-0.05, 0) is 35.8 Å². The molecule has 1 heterocycles. The molecule has 1 aliphatic rings. The molecule has 0 saturated carbocycles. The van der Waals surface area contributed by atoms with Crippen molar-refractivity contribution in [3.05, 3.63) is 71.8 Å². The number of amides is 6. The van der Waals surface area contributed by atoms with Gasteiger partial charge in [-0.25, -0.2) is 9.59 Å². The minimum atomic E-state index is -0.756. The van der Waals surface area contributed by atoms with E-state index in [1.807, 2.05) is 88.4 Å². The van der Waals surface area contributed by atoms with Gasteiger partial charge in [0.25, 0.3) is 0 Å². The van der Waals surface area contributed by atoms with E-state index in [0.717, 1.165) is 11.1 Å². The first kappa shape index (κ1) is 30.5. The Hall–Kier alpha value is -4.08. The zero-order chi connectivity index (χ0) is 29.1. The summed E-state index contributed by atoms with van der Waals surface area (Å²) in [6.45, 7) is 8.29. The summed E-state index contributed by atoms with van der Waals surface area (Å²) in [5, 5.41) is 17.5. The maximum Gasteiger partial charge on any atom is 0.316 e. The van der Waals surface area contributed by atoms with E-state index in [1.54, 1.807) is 0 Å². The van der Waals surface area contributed by atoms with Crippen LogP contribution in [-0.4, -0.2) is 49.0 Å². The molecule has 10 nitrogen and oxygen atoms in total. The largest absolute Gasteiger partial charge is 0.354 e. The predicted octanol–water partition coefficient (Wildman–Crippen LogP) is 3.14. The molecule has 0 aromatic heterocycles. The third-order valence-electron chi connectivity index (χ3n) is 6.90. The molecule has 216 valence electrons. The fraction of sp³-hybridized carbons (Fsp3) is 0.467. The van der Waals surface area contributed by atoms with Crippen LogP contribution in [0.1, 0.15) is 63.7 Å². The van der Waals surface area contributed by atoms with Gasteiger partial charge < -0.3 is 31.9 Å². The van der Waals surface area contributed by atoms with Crippen LogP contribution in [0.3, 0.4) is 0 Å². The molecular weight excluding hydrogens is 508 g/mol. The fourth-order valence-electron chi connectivity index (χ4n) is 4.65. The fourth-order valence-corrected chi connectivity index (χ4v) is 4.65. The quantitative estimate of drug-likeness (QED) is 0.348. The van der Waals surface area contributed by atoms with Crippen LogP contribution in [0.15, 0.2) is 60.7 Å². The molecule has 0 spiro atoms. The Morgan fingerprint density at radius 1 is 0.550 bits per heavy atom. The summed E-state index contributed by atoms with van der Waals surface area (Å²) in [6.07, 6.45) is 1.30. The Bertz CT molecular complexity index is 1040. The summed E-state index contributed by atoms with van der Waals surface area (Å²) in [6, 6.07) is 14.6. The van der Waals surface area contributed by atoms with Crippen molar-refractivity contribution in [1.82, 2.24) is 31.9 Å². The van der Waals surface area contributed by atoms with E-state index in [2.05, 4.69) is 31.9 Å². The van der Waals surface area contributed by atoms with Gasteiger partial charge in [-0.15, -0.1) is 0 Å². The average Bonchev–Trinajstić information content (AvgIpc) is 2.94. The van der Waals surface area contributed by atoms with Crippen molar-refractivity contribution in [2.24, 2.45) is 11.8 Å². The Labute approximate surface area is 236 Å². The normalized spacial score (nSPS) is 23.9. The first-order valence-corrected chi connectivity index (χ1v) is 14.0. The first-order valence-electron chi connectivity index (χ1n) is 14.0. The van der Waals surface area contributed by atoms with Crippen molar-refractivity contribution in [2.45, 2.75) is 64.7 Å². The monoisotopic (exact) mass is 550 g/mol. The van der Waals surface area contributed by atoms with Gasteiger partial charge in [0, 0.05) is 13.1 Å². The van der Waals surface area contributed by atoms with Crippen LogP contribution < -0.4 is 31.9 Å². The molecule has 1 aliphatic heterocycles. The lowest BCUT2D eigenvalue weighted by atomic mass is 9.93. The lowest BCUT2D eigenvalue weighted by Gasteiger charge is -2.32. The zero-order valence-corrected chi connectivity index (χ0v) is 23.7. The molecule has 3 rings (SSSR count). The predicted molar refractivity (Wildman–Crippen MR) is 154 cm³/mol. The Balaban J connectivity index is 2.01. The Morgan fingerprint density at radius 2 is 0.900 bits per heavy atom.